The summed E-state index contributed by atoms with van der Waals surface area (Å²) < 4.78 is 2.01. The highest BCUT2D eigenvalue weighted by Gasteiger charge is 2.27. The lowest BCUT2D eigenvalue weighted by atomic mass is 10.2. The van der Waals surface area contributed by atoms with Crippen LogP contribution in [0.25, 0.3) is 10.9 Å². The molecule has 1 atom stereocenters. The van der Waals surface area contributed by atoms with Gasteiger partial charge in [-0.1, -0.05) is 18.2 Å². The molecule has 1 aromatic carbocycles. The number of hydrogen-bond donors (Lipinski definition) is 1. The highest BCUT2D eigenvalue weighted by molar-refractivity contribution is 7.80. The van der Waals surface area contributed by atoms with Crippen LogP contribution >= 0.6 is 12.6 Å². The monoisotopic (exact) mass is 275 g/mol. The second kappa shape index (κ2) is 5.25. The van der Waals surface area contributed by atoms with E-state index in [2.05, 4.69) is 30.0 Å². The van der Waals surface area contributed by atoms with Crippen molar-refractivity contribution in [3.05, 3.63) is 30.5 Å². The van der Waals surface area contributed by atoms with E-state index in [0.717, 1.165) is 30.4 Å². The maximum Gasteiger partial charge on any atom is 0.223 e. The Kier molecular flexibility index (Phi) is 3.46. The van der Waals surface area contributed by atoms with Gasteiger partial charge in [-0.05, 0) is 18.2 Å². The lowest BCUT2D eigenvalue weighted by Crippen LogP contribution is -2.29. The van der Waals surface area contributed by atoms with E-state index in [1.54, 1.807) is 0 Å². The predicted octanol–water partition coefficient (Wildman–Crippen LogP) is 2.13. The standard InChI is InChI=1S/C14H17N3OS/c18-14(6-8-19)16-7-5-12(10-16)17-9-11-3-1-2-4-13(11)15-17/h1-4,9,12,19H,5-8,10H2. The molecule has 0 spiro atoms. The number of carbonyl (C=O) groups excluding carboxylic acids is 1. The van der Waals surface area contributed by atoms with E-state index in [-0.39, 0.29) is 5.91 Å². The van der Waals surface area contributed by atoms with Crippen molar-refractivity contribution in [1.29, 1.82) is 0 Å². The summed E-state index contributed by atoms with van der Waals surface area (Å²) in [7, 11) is 0. The van der Waals surface area contributed by atoms with Crippen LogP contribution in [0.2, 0.25) is 0 Å². The maximum absolute atomic E-state index is 11.8. The number of nitrogens with zero attached hydrogens (tertiary/aromatic N) is 3. The first kappa shape index (κ1) is 12.5. The van der Waals surface area contributed by atoms with E-state index >= 15 is 0 Å². The van der Waals surface area contributed by atoms with E-state index in [0.29, 0.717) is 18.2 Å². The van der Waals surface area contributed by atoms with Crippen LogP contribution < -0.4 is 0 Å². The largest absolute Gasteiger partial charge is 0.340 e. The zero-order valence-corrected chi connectivity index (χ0v) is 11.6. The average Bonchev–Trinajstić information content (AvgIpc) is 3.05. The van der Waals surface area contributed by atoms with Crippen molar-refractivity contribution < 1.29 is 4.79 Å². The number of carbonyl (C=O) groups is 1. The second-order valence-electron chi connectivity index (χ2n) is 4.92. The van der Waals surface area contributed by atoms with E-state index in [4.69, 9.17) is 0 Å². The normalized spacial score (nSPS) is 19.2. The van der Waals surface area contributed by atoms with Crippen LogP contribution in [0.15, 0.2) is 30.5 Å². The van der Waals surface area contributed by atoms with Gasteiger partial charge in [0.25, 0.3) is 0 Å². The predicted molar refractivity (Wildman–Crippen MR) is 78.4 cm³/mol. The molecule has 100 valence electrons. The molecule has 1 unspecified atom stereocenters. The minimum atomic E-state index is 0.203. The molecule has 4 nitrogen and oxygen atoms in total. The fourth-order valence-electron chi connectivity index (χ4n) is 2.61. The summed E-state index contributed by atoms with van der Waals surface area (Å²) in [6.07, 6.45) is 3.58. The molecule has 1 amide bonds. The average molecular weight is 275 g/mol. The van der Waals surface area contributed by atoms with Crippen molar-refractivity contribution in [3.63, 3.8) is 0 Å². The quantitative estimate of drug-likeness (QED) is 0.872. The first-order chi connectivity index (χ1) is 9.28. The lowest BCUT2D eigenvalue weighted by molar-refractivity contribution is -0.129. The molecule has 0 aliphatic carbocycles. The molecule has 5 heteroatoms. The zero-order valence-electron chi connectivity index (χ0n) is 10.7. The van der Waals surface area contributed by atoms with Gasteiger partial charge in [-0.3, -0.25) is 9.48 Å². The number of hydrogen-bond acceptors (Lipinski definition) is 3. The third-order valence-electron chi connectivity index (χ3n) is 3.65. The molecule has 1 fully saturated rings. The van der Waals surface area contributed by atoms with Gasteiger partial charge in [0.2, 0.25) is 5.91 Å². The summed E-state index contributed by atoms with van der Waals surface area (Å²) in [5.41, 5.74) is 1.02. The molecule has 0 N–H and O–H groups in total. The Hall–Kier alpha value is -1.49. The summed E-state index contributed by atoms with van der Waals surface area (Å²) in [6.45, 7) is 1.59. The number of benzene rings is 1. The number of fused-ring (bicyclic) bond motifs is 1. The molecule has 3 rings (SSSR count). The van der Waals surface area contributed by atoms with Gasteiger partial charge in [-0.15, -0.1) is 0 Å². The molecule has 0 radical (unpaired) electrons. The molecule has 0 bridgehead atoms. The van der Waals surface area contributed by atoms with Gasteiger partial charge < -0.3 is 4.90 Å². The second-order valence-corrected chi connectivity index (χ2v) is 5.37. The smallest absolute Gasteiger partial charge is 0.223 e. The van der Waals surface area contributed by atoms with Crippen LogP contribution in [0.4, 0.5) is 0 Å². The van der Waals surface area contributed by atoms with Gasteiger partial charge in [0, 0.05) is 31.1 Å². The fraction of sp³-hybridized carbons (Fsp3) is 0.429. The third kappa shape index (κ3) is 2.47. The lowest BCUT2D eigenvalue weighted by Gasteiger charge is -2.16. The van der Waals surface area contributed by atoms with Crippen molar-refractivity contribution in [1.82, 2.24) is 14.7 Å². The molecule has 1 aliphatic rings. The van der Waals surface area contributed by atoms with E-state index in [1.807, 2.05) is 27.8 Å². The topological polar surface area (TPSA) is 38.1 Å². The SMILES string of the molecule is O=C(CCS)N1CCC(n2cc3ccccc3n2)C1. The van der Waals surface area contributed by atoms with Crippen molar-refractivity contribution >= 4 is 29.4 Å². The van der Waals surface area contributed by atoms with Gasteiger partial charge in [0.1, 0.15) is 0 Å². The van der Waals surface area contributed by atoms with Gasteiger partial charge in [-0.2, -0.15) is 17.7 Å². The fourth-order valence-corrected chi connectivity index (χ4v) is 2.80. The Bertz CT molecular complexity index is 562. The Balaban J connectivity index is 1.75. The highest BCUT2D eigenvalue weighted by atomic mass is 32.1. The number of thiol groups is 1. The Morgan fingerprint density at radius 2 is 2.26 bits per heavy atom. The Labute approximate surface area is 117 Å². The Morgan fingerprint density at radius 3 is 3.05 bits per heavy atom. The summed E-state index contributed by atoms with van der Waals surface area (Å²) >= 11 is 4.11. The van der Waals surface area contributed by atoms with Gasteiger partial charge >= 0.3 is 0 Å². The number of rotatable bonds is 3. The molecule has 0 saturated carbocycles. The van der Waals surface area contributed by atoms with Crippen molar-refractivity contribution in [2.75, 3.05) is 18.8 Å². The van der Waals surface area contributed by atoms with E-state index in [9.17, 15) is 4.79 Å². The molecule has 1 aliphatic heterocycles. The van der Waals surface area contributed by atoms with Gasteiger partial charge in [0.15, 0.2) is 0 Å². The van der Waals surface area contributed by atoms with E-state index < -0.39 is 0 Å². The van der Waals surface area contributed by atoms with Gasteiger partial charge in [-0.25, -0.2) is 0 Å². The third-order valence-corrected chi connectivity index (χ3v) is 3.87. The molecule has 1 saturated heterocycles. The Morgan fingerprint density at radius 1 is 1.42 bits per heavy atom. The van der Waals surface area contributed by atoms with Crippen molar-refractivity contribution in [3.8, 4) is 0 Å². The van der Waals surface area contributed by atoms with E-state index in [1.165, 1.54) is 0 Å². The first-order valence-corrected chi connectivity index (χ1v) is 7.23. The minimum Gasteiger partial charge on any atom is -0.340 e. The van der Waals surface area contributed by atoms with Crippen LogP contribution in [0.3, 0.4) is 0 Å². The molecular weight excluding hydrogens is 258 g/mol. The van der Waals surface area contributed by atoms with Crippen LogP contribution in [0.1, 0.15) is 18.9 Å². The summed E-state index contributed by atoms with van der Waals surface area (Å²) in [4.78, 5) is 13.8. The summed E-state index contributed by atoms with van der Waals surface area (Å²) in [5.74, 6) is 0.820. The summed E-state index contributed by atoms with van der Waals surface area (Å²) in [5, 5.41) is 5.75. The van der Waals surface area contributed by atoms with Crippen molar-refractivity contribution in [2.24, 2.45) is 0 Å². The van der Waals surface area contributed by atoms with Crippen LogP contribution in [-0.4, -0.2) is 39.4 Å². The highest BCUT2D eigenvalue weighted by Crippen LogP contribution is 2.23. The van der Waals surface area contributed by atoms with Crippen molar-refractivity contribution in [2.45, 2.75) is 18.9 Å². The molecule has 2 heterocycles. The number of likely N-dealkylation sites (tertiary alicyclic amines) is 1. The van der Waals surface area contributed by atoms with Crippen LogP contribution in [0.5, 0.6) is 0 Å². The molecular formula is C14H17N3OS. The summed E-state index contributed by atoms with van der Waals surface area (Å²) in [6, 6.07) is 8.40. The molecule has 19 heavy (non-hydrogen) atoms. The van der Waals surface area contributed by atoms with Crippen LogP contribution in [-0.2, 0) is 4.79 Å². The first-order valence-electron chi connectivity index (χ1n) is 6.60. The maximum atomic E-state index is 11.8. The van der Waals surface area contributed by atoms with Crippen LogP contribution in [0, 0.1) is 0 Å². The molecule has 1 aromatic heterocycles. The number of aromatic nitrogens is 2. The number of amides is 1. The van der Waals surface area contributed by atoms with Gasteiger partial charge in [0.05, 0.1) is 11.6 Å². The zero-order chi connectivity index (χ0) is 13.2. The molecule has 2 aromatic rings. The minimum absolute atomic E-state index is 0.203.